The third-order valence-corrected chi connectivity index (χ3v) is 4.67. The standard InChI is InChI=1S/C13H22N2O2S/c1-4-5-6-10(12(14)16)8-18-11-7-9(2)15(3)13(11)17/h10-11H,2,4-8H2,1,3H3,(H2,14,16). The van der Waals surface area contributed by atoms with Crippen LogP contribution in [0.2, 0.25) is 0 Å². The van der Waals surface area contributed by atoms with Gasteiger partial charge in [-0.15, -0.1) is 11.8 Å². The molecule has 2 atom stereocenters. The van der Waals surface area contributed by atoms with E-state index in [9.17, 15) is 9.59 Å². The Morgan fingerprint density at radius 1 is 1.67 bits per heavy atom. The number of hydrogen-bond acceptors (Lipinski definition) is 3. The molecule has 2 N–H and O–H groups in total. The maximum atomic E-state index is 11.8. The average molecular weight is 270 g/mol. The van der Waals surface area contributed by atoms with Gasteiger partial charge in [0.05, 0.1) is 5.25 Å². The van der Waals surface area contributed by atoms with Crippen LogP contribution >= 0.6 is 11.8 Å². The van der Waals surface area contributed by atoms with E-state index < -0.39 is 0 Å². The smallest absolute Gasteiger partial charge is 0.239 e. The quantitative estimate of drug-likeness (QED) is 0.766. The van der Waals surface area contributed by atoms with Crippen molar-refractivity contribution in [2.45, 2.75) is 37.9 Å². The Bertz CT molecular complexity index is 344. The van der Waals surface area contributed by atoms with Gasteiger partial charge in [-0.25, -0.2) is 0 Å². The van der Waals surface area contributed by atoms with Gasteiger partial charge in [0, 0.05) is 30.8 Å². The van der Waals surface area contributed by atoms with Crippen LogP contribution in [0.25, 0.3) is 0 Å². The normalized spacial score (nSPS) is 21.4. The van der Waals surface area contributed by atoms with Crippen LogP contribution in [-0.2, 0) is 9.59 Å². The molecule has 0 radical (unpaired) electrons. The van der Waals surface area contributed by atoms with Gasteiger partial charge < -0.3 is 10.6 Å². The van der Waals surface area contributed by atoms with Crippen LogP contribution in [0.15, 0.2) is 12.3 Å². The Labute approximate surface area is 113 Å². The van der Waals surface area contributed by atoms with Crippen LogP contribution in [0.4, 0.5) is 0 Å². The largest absolute Gasteiger partial charge is 0.369 e. The van der Waals surface area contributed by atoms with E-state index in [0.29, 0.717) is 12.2 Å². The summed E-state index contributed by atoms with van der Waals surface area (Å²) in [4.78, 5) is 24.8. The van der Waals surface area contributed by atoms with Crippen molar-refractivity contribution in [2.24, 2.45) is 11.7 Å². The number of unbranched alkanes of at least 4 members (excludes halogenated alkanes) is 1. The summed E-state index contributed by atoms with van der Waals surface area (Å²) >= 11 is 1.53. The number of nitrogens with two attached hydrogens (primary N) is 1. The van der Waals surface area contributed by atoms with Crippen LogP contribution in [0.3, 0.4) is 0 Å². The minimum Gasteiger partial charge on any atom is -0.369 e. The molecule has 4 nitrogen and oxygen atoms in total. The lowest BCUT2D eigenvalue weighted by Gasteiger charge is -2.15. The van der Waals surface area contributed by atoms with Crippen molar-refractivity contribution >= 4 is 23.6 Å². The highest BCUT2D eigenvalue weighted by molar-refractivity contribution is 8.00. The lowest BCUT2D eigenvalue weighted by Crippen LogP contribution is -2.28. The number of rotatable bonds is 7. The molecule has 2 amide bonds. The maximum absolute atomic E-state index is 11.8. The van der Waals surface area contributed by atoms with Crippen molar-refractivity contribution in [3.8, 4) is 0 Å². The van der Waals surface area contributed by atoms with Gasteiger partial charge >= 0.3 is 0 Å². The van der Waals surface area contributed by atoms with E-state index in [1.165, 1.54) is 11.8 Å². The van der Waals surface area contributed by atoms with Crippen LogP contribution in [0.1, 0.15) is 32.6 Å². The first-order valence-electron chi connectivity index (χ1n) is 6.33. The van der Waals surface area contributed by atoms with Crippen LogP contribution in [-0.4, -0.2) is 34.8 Å². The highest BCUT2D eigenvalue weighted by Crippen LogP contribution is 2.31. The Kier molecular flexibility index (Phi) is 5.72. The number of primary amides is 1. The van der Waals surface area contributed by atoms with E-state index in [1.54, 1.807) is 11.9 Å². The van der Waals surface area contributed by atoms with Crippen molar-refractivity contribution < 1.29 is 9.59 Å². The number of carbonyl (C=O) groups is 2. The van der Waals surface area contributed by atoms with Gasteiger partial charge in [-0.1, -0.05) is 26.3 Å². The number of amides is 2. The summed E-state index contributed by atoms with van der Waals surface area (Å²) in [5.74, 6) is 0.339. The summed E-state index contributed by atoms with van der Waals surface area (Å²) in [7, 11) is 1.74. The minimum absolute atomic E-state index is 0.0868. The number of likely N-dealkylation sites (tertiary alicyclic amines) is 1. The number of thioether (sulfide) groups is 1. The fraction of sp³-hybridized carbons (Fsp3) is 0.692. The fourth-order valence-electron chi connectivity index (χ4n) is 1.93. The first kappa shape index (κ1) is 15.1. The molecule has 0 bridgehead atoms. The van der Waals surface area contributed by atoms with E-state index >= 15 is 0 Å². The number of allylic oxidation sites excluding steroid dienone is 1. The van der Waals surface area contributed by atoms with E-state index in [0.717, 1.165) is 25.0 Å². The second kappa shape index (κ2) is 6.83. The minimum atomic E-state index is -0.256. The second-order valence-corrected chi connectivity index (χ2v) is 5.97. The molecule has 18 heavy (non-hydrogen) atoms. The Balaban J connectivity index is 2.45. The van der Waals surface area contributed by atoms with Crippen LogP contribution in [0.5, 0.6) is 0 Å². The molecular weight excluding hydrogens is 248 g/mol. The highest BCUT2D eigenvalue weighted by atomic mass is 32.2. The topological polar surface area (TPSA) is 63.4 Å². The Hall–Kier alpha value is -0.970. The van der Waals surface area contributed by atoms with Gasteiger partial charge in [-0.05, 0) is 6.42 Å². The summed E-state index contributed by atoms with van der Waals surface area (Å²) in [6.07, 6.45) is 3.55. The van der Waals surface area contributed by atoms with Gasteiger partial charge in [0.25, 0.3) is 0 Å². The molecule has 5 heteroatoms. The molecule has 102 valence electrons. The van der Waals surface area contributed by atoms with Crippen molar-refractivity contribution in [1.29, 1.82) is 0 Å². The molecule has 0 spiro atoms. The van der Waals surface area contributed by atoms with E-state index in [-0.39, 0.29) is 23.0 Å². The number of hydrogen-bond donors (Lipinski definition) is 1. The first-order valence-corrected chi connectivity index (χ1v) is 7.38. The molecule has 1 heterocycles. The van der Waals surface area contributed by atoms with Gasteiger partial charge in [0.1, 0.15) is 0 Å². The predicted molar refractivity (Wildman–Crippen MR) is 75.0 cm³/mol. The molecule has 1 saturated heterocycles. The van der Waals surface area contributed by atoms with Crippen molar-refractivity contribution in [3.63, 3.8) is 0 Å². The van der Waals surface area contributed by atoms with Crippen molar-refractivity contribution in [1.82, 2.24) is 4.90 Å². The molecule has 1 fully saturated rings. The summed E-state index contributed by atoms with van der Waals surface area (Å²) in [6, 6.07) is 0. The monoisotopic (exact) mass is 270 g/mol. The Morgan fingerprint density at radius 2 is 2.33 bits per heavy atom. The Morgan fingerprint density at radius 3 is 2.78 bits per heavy atom. The molecular formula is C13H22N2O2S. The van der Waals surface area contributed by atoms with Crippen LogP contribution in [0, 0.1) is 5.92 Å². The number of carbonyl (C=O) groups excluding carboxylic acids is 2. The molecule has 2 unspecified atom stereocenters. The van der Waals surface area contributed by atoms with Crippen molar-refractivity contribution in [3.05, 3.63) is 12.3 Å². The first-order chi connectivity index (χ1) is 8.47. The second-order valence-electron chi connectivity index (χ2n) is 4.73. The SMILES string of the molecule is C=C1CC(SCC(CCCC)C(N)=O)C(=O)N1C. The van der Waals surface area contributed by atoms with Gasteiger partial charge in [-0.3, -0.25) is 9.59 Å². The fourth-order valence-corrected chi connectivity index (χ4v) is 3.34. The summed E-state index contributed by atoms with van der Waals surface area (Å²) < 4.78 is 0. The molecule has 1 rings (SSSR count). The molecule has 1 aliphatic rings. The highest BCUT2D eigenvalue weighted by Gasteiger charge is 2.33. The number of nitrogens with zero attached hydrogens (tertiary/aromatic N) is 1. The molecule has 1 aliphatic heterocycles. The summed E-state index contributed by atoms with van der Waals surface area (Å²) in [5.41, 5.74) is 6.24. The maximum Gasteiger partial charge on any atom is 0.239 e. The van der Waals surface area contributed by atoms with E-state index in [4.69, 9.17) is 5.73 Å². The average Bonchev–Trinajstić information content (AvgIpc) is 2.56. The zero-order valence-corrected chi connectivity index (χ0v) is 12.0. The van der Waals surface area contributed by atoms with E-state index in [1.807, 2.05) is 0 Å². The molecule has 0 aromatic carbocycles. The molecule has 0 aromatic heterocycles. The van der Waals surface area contributed by atoms with Gasteiger partial charge in [0.15, 0.2) is 0 Å². The lowest BCUT2D eigenvalue weighted by molar-refractivity contribution is -0.125. The third kappa shape index (κ3) is 3.77. The zero-order chi connectivity index (χ0) is 13.7. The zero-order valence-electron chi connectivity index (χ0n) is 11.1. The van der Waals surface area contributed by atoms with E-state index in [2.05, 4.69) is 13.5 Å². The third-order valence-electron chi connectivity index (χ3n) is 3.31. The predicted octanol–water partition coefficient (Wildman–Crippen LogP) is 1.76. The van der Waals surface area contributed by atoms with Crippen molar-refractivity contribution in [2.75, 3.05) is 12.8 Å². The molecule has 0 aliphatic carbocycles. The molecule has 0 saturated carbocycles. The van der Waals surface area contributed by atoms with Gasteiger partial charge in [-0.2, -0.15) is 0 Å². The van der Waals surface area contributed by atoms with Crippen LogP contribution < -0.4 is 5.73 Å². The van der Waals surface area contributed by atoms with Gasteiger partial charge in [0.2, 0.25) is 11.8 Å². The summed E-state index contributed by atoms with van der Waals surface area (Å²) in [5, 5.41) is -0.0917. The lowest BCUT2D eigenvalue weighted by atomic mass is 10.0. The molecule has 0 aromatic rings. The summed E-state index contributed by atoms with van der Waals surface area (Å²) in [6.45, 7) is 5.94.